The number of nitrogens with zero attached hydrogens (tertiary/aromatic N) is 1. The van der Waals surface area contributed by atoms with Crippen LogP contribution in [0.2, 0.25) is 5.02 Å². The van der Waals surface area contributed by atoms with Crippen molar-refractivity contribution in [2.75, 3.05) is 0 Å². The maximum atomic E-state index is 14.5. The molecule has 1 aliphatic heterocycles. The molecule has 2 atom stereocenters. The Morgan fingerprint density at radius 3 is 2.29 bits per heavy atom. The maximum Gasteiger partial charge on any atom is 0.251 e. The summed E-state index contributed by atoms with van der Waals surface area (Å²) in [7, 11) is 0. The maximum absolute atomic E-state index is 14.5. The first-order valence-electron chi connectivity index (χ1n) is 10.7. The molecule has 0 aliphatic carbocycles. The Morgan fingerprint density at radius 1 is 1.00 bits per heavy atom. The summed E-state index contributed by atoms with van der Waals surface area (Å²) in [6.07, 6.45) is 0. The van der Waals surface area contributed by atoms with Gasteiger partial charge in [-0.2, -0.15) is 0 Å². The van der Waals surface area contributed by atoms with E-state index in [0.29, 0.717) is 12.1 Å². The summed E-state index contributed by atoms with van der Waals surface area (Å²) >= 11 is 6.28. The van der Waals surface area contributed by atoms with Crippen LogP contribution in [0, 0.1) is 23.3 Å². The highest BCUT2D eigenvalue weighted by Crippen LogP contribution is 2.36. The SMILES string of the molecule is CC1=C(C(=O)N[C@@H](C)c2ccccc2)[C@H](c2ccc(F)cc2Cl)N=C(c2c(F)cc(F)cc2F)N1. The van der Waals surface area contributed by atoms with Gasteiger partial charge in [-0.3, -0.25) is 9.79 Å². The second-order valence-corrected chi connectivity index (χ2v) is 8.47. The average Bonchev–Trinajstić information content (AvgIpc) is 2.78. The van der Waals surface area contributed by atoms with Gasteiger partial charge in [0, 0.05) is 28.4 Å². The molecule has 35 heavy (non-hydrogen) atoms. The lowest BCUT2D eigenvalue weighted by Gasteiger charge is -2.28. The lowest BCUT2D eigenvalue weighted by Crippen LogP contribution is -2.38. The summed E-state index contributed by atoms with van der Waals surface area (Å²) in [4.78, 5) is 17.8. The van der Waals surface area contributed by atoms with Crippen molar-refractivity contribution in [3.63, 3.8) is 0 Å². The van der Waals surface area contributed by atoms with Crippen LogP contribution in [-0.2, 0) is 4.79 Å². The minimum absolute atomic E-state index is 0.0192. The third-order valence-electron chi connectivity index (χ3n) is 5.63. The Balaban J connectivity index is 1.79. The second-order valence-electron chi connectivity index (χ2n) is 8.06. The minimum Gasteiger partial charge on any atom is -0.346 e. The number of hydrogen-bond acceptors (Lipinski definition) is 3. The fourth-order valence-electron chi connectivity index (χ4n) is 3.91. The van der Waals surface area contributed by atoms with Crippen molar-refractivity contribution in [3.05, 3.63) is 117 Å². The van der Waals surface area contributed by atoms with Crippen molar-refractivity contribution in [2.45, 2.75) is 25.9 Å². The molecule has 0 bridgehead atoms. The van der Waals surface area contributed by atoms with E-state index in [2.05, 4.69) is 15.6 Å². The van der Waals surface area contributed by atoms with Crippen LogP contribution in [0.15, 0.2) is 76.9 Å². The van der Waals surface area contributed by atoms with Gasteiger partial charge in [-0.25, -0.2) is 17.6 Å². The summed E-state index contributed by atoms with van der Waals surface area (Å²) in [6.45, 7) is 3.35. The second kappa shape index (κ2) is 9.92. The third-order valence-corrected chi connectivity index (χ3v) is 5.96. The third kappa shape index (κ3) is 5.07. The number of hydrogen-bond donors (Lipinski definition) is 2. The number of amidine groups is 1. The topological polar surface area (TPSA) is 53.5 Å². The molecule has 0 unspecified atom stereocenters. The summed E-state index contributed by atoms with van der Waals surface area (Å²) in [6, 6.07) is 12.4. The quantitative estimate of drug-likeness (QED) is 0.413. The van der Waals surface area contributed by atoms with Gasteiger partial charge in [0.2, 0.25) is 0 Å². The number of aliphatic imine (C=N–C) groups is 1. The molecule has 1 amide bonds. The molecule has 1 heterocycles. The van der Waals surface area contributed by atoms with Crippen LogP contribution in [0.3, 0.4) is 0 Å². The van der Waals surface area contributed by atoms with E-state index in [-0.39, 0.29) is 33.7 Å². The number of amides is 1. The molecule has 9 heteroatoms. The molecule has 1 aliphatic rings. The van der Waals surface area contributed by atoms with Crippen molar-refractivity contribution < 1.29 is 22.4 Å². The van der Waals surface area contributed by atoms with Gasteiger partial charge in [-0.1, -0.05) is 48.0 Å². The van der Waals surface area contributed by atoms with Crippen LogP contribution in [0.1, 0.15) is 42.6 Å². The van der Waals surface area contributed by atoms with Crippen LogP contribution < -0.4 is 10.6 Å². The number of rotatable bonds is 5. The van der Waals surface area contributed by atoms with Gasteiger partial charge in [0.25, 0.3) is 5.91 Å². The molecule has 3 aromatic rings. The molecule has 0 spiro atoms. The van der Waals surface area contributed by atoms with E-state index in [4.69, 9.17) is 11.6 Å². The first-order chi connectivity index (χ1) is 16.7. The molecule has 0 radical (unpaired) electrons. The van der Waals surface area contributed by atoms with Crippen molar-refractivity contribution in [2.24, 2.45) is 4.99 Å². The van der Waals surface area contributed by atoms with Crippen molar-refractivity contribution >= 4 is 23.3 Å². The van der Waals surface area contributed by atoms with Crippen LogP contribution in [0.4, 0.5) is 17.6 Å². The van der Waals surface area contributed by atoms with Crippen molar-refractivity contribution in [3.8, 4) is 0 Å². The predicted molar refractivity (Wildman–Crippen MR) is 126 cm³/mol. The number of allylic oxidation sites excluding steroid dienone is 1. The molecule has 4 nitrogen and oxygen atoms in total. The van der Waals surface area contributed by atoms with Gasteiger partial charge < -0.3 is 10.6 Å². The molecular weight excluding hydrogens is 482 g/mol. The summed E-state index contributed by atoms with van der Waals surface area (Å²) in [5, 5.41) is 5.63. The zero-order valence-electron chi connectivity index (χ0n) is 18.7. The summed E-state index contributed by atoms with van der Waals surface area (Å²) in [5.41, 5.74) is 0.908. The lowest BCUT2D eigenvalue weighted by molar-refractivity contribution is -0.118. The van der Waals surface area contributed by atoms with E-state index < -0.39 is 40.8 Å². The molecular formula is C26H20ClF4N3O. The van der Waals surface area contributed by atoms with Gasteiger partial charge in [-0.15, -0.1) is 0 Å². The summed E-state index contributed by atoms with van der Waals surface area (Å²) in [5.74, 6) is -4.78. The van der Waals surface area contributed by atoms with Gasteiger partial charge in [-0.05, 0) is 31.5 Å². The highest BCUT2D eigenvalue weighted by Gasteiger charge is 2.33. The highest BCUT2D eigenvalue weighted by molar-refractivity contribution is 6.31. The largest absolute Gasteiger partial charge is 0.346 e. The smallest absolute Gasteiger partial charge is 0.251 e. The first kappa shape index (κ1) is 24.5. The standard InChI is InChI=1S/C26H20ClF4N3O/c1-13(15-6-4-3-5-7-15)33-26(35)22-14(2)32-25(23-20(30)11-17(29)12-21(23)31)34-24(22)18-9-8-16(28)10-19(18)27/h3-13,24H,1-2H3,(H,32,34)(H,33,35)/t13-,24-/m0/s1. The summed E-state index contributed by atoms with van der Waals surface area (Å²) < 4.78 is 56.2. The molecule has 0 saturated heterocycles. The van der Waals surface area contributed by atoms with Crippen LogP contribution in [-0.4, -0.2) is 11.7 Å². The van der Waals surface area contributed by atoms with Gasteiger partial charge in [0.05, 0.1) is 17.2 Å². The average molecular weight is 502 g/mol. The fraction of sp³-hybridized carbons (Fsp3) is 0.154. The molecule has 0 fully saturated rings. The monoisotopic (exact) mass is 501 g/mol. The molecule has 0 saturated carbocycles. The van der Waals surface area contributed by atoms with E-state index in [1.807, 2.05) is 30.3 Å². The number of carbonyl (C=O) groups excluding carboxylic acids is 1. The Bertz CT molecular complexity index is 1330. The molecule has 4 rings (SSSR count). The first-order valence-corrected chi connectivity index (χ1v) is 11.0. The van der Waals surface area contributed by atoms with Gasteiger partial charge in [0.1, 0.15) is 35.1 Å². The van der Waals surface area contributed by atoms with Crippen LogP contribution >= 0.6 is 11.6 Å². The van der Waals surface area contributed by atoms with E-state index in [1.54, 1.807) is 13.8 Å². The zero-order valence-corrected chi connectivity index (χ0v) is 19.4. The van der Waals surface area contributed by atoms with Gasteiger partial charge >= 0.3 is 0 Å². The van der Waals surface area contributed by atoms with E-state index in [1.165, 1.54) is 6.07 Å². The number of benzene rings is 3. The molecule has 2 N–H and O–H groups in total. The van der Waals surface area contributed by atoms with E-state index in [9.17, 15) is 22.4 Å². The molecule has 3 aromatic carbocycles. The lowest BCUT2D eigenvalue weighted by atomic mass is 9.94. The number of halogens is 5. The Hall–Kier alpha value is -3.65. The van der Waals surface area contributed by atoms with Gasteiger partial charge in [0.15, 0.2) is 0 Å². The minimum atomic E-state index is -1.17. The van der Waals surface area contributed by atoms with E-state index >= 15 is 0 Å². The Labute approximate surface area is 204 Å². The fourth-order valence-corrected chi connectivity index (χ4v) is 4.18. The molecule has 180 valence electrons. The van der Waals surface area contributed by atoms with Crippen LogP contribution in [0.5, 0.6) is 0 Å². The van der Waals surface area contributed by atoms with Crippen molar-refractivity contribution in [1.29, 1.82) is 0 Å². The Kier molecular flexibility index (Phi) is 6.93. The zero-order chi connectivity index (χ0) is 25.3. The predicted octanol–water partition coefficient (Wildman–Crippen LogP) is 6.14. The normalized spacial score (nSPS) is 16.4. The van der Waals surface area contributed by atoms with E-state index in [0.717, 1.165) is 17.7 Å². The highest BCUT2D eigenvalue weighted by atomic mass is 35.5. The number of carbonyl (C=O) groups is 1. The number of nitrogens with one attached hydrogen (secondary N) is 2. The Morgan fingerprint density at radius 2 is 1.66 bits per heavy atom. The van der Waals surface area contributed by atoms with Crippen LogP contribution in [0.25, 0.3) is 0 Å². The van der Waals surface area contributed by atoms with Crippen molar-refractivity contribution in [1.82, 2.24) is 10.6 Å². The molecule has 0 aromatic heterocycles.